The summed E-state index contributed by atoms with van der Waals surface area (Å²) >= 11 is 0. The zero-order valence-corrected chi connectivity index (χ0v) is 8.32. The van der Waals surface area contributed by atoms with E-state index >= 15 is 0 Å². The molecule has 0 aromatic rings. The summed E-state index contributed by atoms with van der Waals surface area (Å²) in [6.45, 7) is 2.26. The van der Waals surface area contributed by atoms with Crippen molar-refractivity contribution in [1.82, 2.24) is 0 Å². The highest BCUT2D eigenvalue weighted by Crippen LogP contribution is 2.35. The molecule has 1 rings (SSSR count). The quantitative estimate of drug-likeness (QED) is 0.541. The highest BCUT2D eigenvalue weighted by Gasteiger charge is 2.46. The summed E-state index contributed by atoms with van der Waals surface area (Å²) in [6.07, 6.45) is 2.38. The number of hydrogen-bond acceptors (Lipinski definition) is 4. The van der Waals surface area contributed by atoms with E-state index in [1.54, 1.807) is 6.07 Å². The fraction of sp³-hybridized carbons (Fsp3) is 0.800. The first-order chi connectivity index (χ1) is 6.64. The van der Waals surface area contributed by atoms with Crippen LogP contribution in [-0.2, 0) is 9.53 Å². The topological polar surface area (TPSA) is 70.3 Å². The maximum atomic E-state index is 11.4. The van der Waals surface area contributed by atoms with Crippen molar-refractivity contribution in [3.8, 4) is 6.07 Å². The summed E-state index contributed by atoms with van der Waals surface area (Å²) in [6, 6.07) is 1.80. The molecule has 0 bridgehead atoms. The number of esters is 1. The predicted molar refractivity (Wildman–Crippen MR) is 49.2 cm³/mol. The van der Waals surface area contributed by atoms with Crippen molar-refractivity contribution >= 4 is 5.97 Å². The molecule has 4 nitrogen and oxygen atoms in total. The van der Waals surface area contributed by atoms with E-state index < -0.39 is 17.5 Å². The van der Waals surface area contributed by atoms with Gasteiger partial charge in [-0.3, -0.25) is 4.79 Å². The monoisotopic (exact) mass is 197 g/mol. The van der Waals surface area contributed by atoms with Crippen molar-refractivity contribution in [2.24, 2.45) is 5.92 Å². The van der Waals surface area contributed by atoms with Crippen molar-refractivity contribution in [1.29, 1.82) is 5.26 Å². The Morgan fingerprint density at radius 2 is 2.50 bits per heavy atom. The van der Waals surface area contributed by atoms with Crippen LogP contribution in [0.15, 0.2) is 0 Å². The average molecular weight is 197 g/mol. The molecule has 0 aromatic carbocycles. The van der Waals surface area contributed by atoms with Crippen molar-refractivity contribution in [3.63, 3.8) is 0 Å². The molecule has 1 aliphatic rings. The van der Waals surface area contributed by atoms with Crippen LogP contribution in [0.25, 0.3) is 0 Å². The molecule has 1 fully saturated rings. The minimum absolute atomic E-state index is 0.358. The van der Waals surface area contributed by atoms with Gasteiger partial charge in [0, 0.05) is 0 Å². The number of nitriles is 1. The summed E-state index contributed by atoms with van der Waals surface area (Å²) in [5.74, 6) is -1.09. The lowest BCUT2D eigenvalue weighted by Crippen LogP contribution is -2.37. The molecule has 0 spiro atoms. The smallest absolute Gasteiger partial charge is 0.312 e. The van der Waals surface area contributed by atoms with Crippen LogP contribution in [0.4, 0.5) is 0 Å². The molecule has 0 aliphatic heterocycles. The summed E-state index contributed by atoms with van der Waals surface area (Å²) in [4.78, 5) is 11.4. The number of carbonyl (C=O) groups is 1. The van der Waals surface area contributed by atoms with Gasteiger partial charge >= 0.3 is 5.97 Å². The second kappa shape index (κ2) is 4.43. The molecule has 1 saturated carbocycles. The molecule has 0 radical (unpaired) electrons. The molecule has 4 heteroatoms. The Labute approximate surface area is 83.5 Å². The van der Waals surface area contributed by atoms with E-state index in [2.05, 4.69) is 0 Å². The zero-order chi connectivity index (χ0) is 10.6. The van der Waals surface area contributed by atoms with E-state index in [9.17, 15) is 9.90 Å². The first kappa shape index (κ1) is 11.0. The molecule has 14 heavy (non-hydrogen) atoms. The molecular weight excluding hydrogens is 182 g/mol. The predicted octanol–water partition coefficient (Wildman–Crippen LogP) is 0.994. The van der Waals surface area contributed by atoms with Crippen LogP contribution in [0.3, 0.4) is 0 Å². The first-order valence-corrected chi connectivity index (χ1v) is 4.94. The van der Waals surface area contributed by atoms with Crippen LogP contribution in [0.1, 0.15) is 32.6 Å². The number of hydrogen-bond donors (Lipinski definition) is 1. The van der Waals surface area contributed by atoms with Crippen molar-refractivity contribution < 1.29 is 14.6 Å². The number of aliphatic hydroxyl groups is 1. The zero-order valence-electron chi connectivity index (χ0n) is 8.32. The lowest BCUT2D eigenvalue weighted by atomic mass is 9.92. The third-order valence-corrected chi connectivity index (χ3v) is 2.55. The van der Waals surface area contributed by atoms with E-state index in [0.717, 1.165) is 6.42 Å². The summed E-state index contributed by atoms with van der Waals surface area (Å²) in [5.41, 5.74) is -1.50. The molecule has 0 saturated heterocycles. The second-order valence-electron chi connectivity index (χ2n) is 3.65. The Kier molecular flexibility index (Phi) is 3.48. The van der Waals surface area contributed by atoms with Gasteiger partial charge in [0.2, 0.25) is 0 Å². The van der Waals surface area contributed by atoms with Crippen LogP contribution in [0.2, 0.25) is 0 Å². The largest absolute Gasteiger partial charge is 0.465 e. The lowest BCUT2D eigenvalue weighted by Gasteiger charge is -2.20. The van der Waals surface area contributed by atoms with Gasteiger partial charge in [0.1, 0.15) is 0 Å². The molecular formula is C10H15NO3. The number of rotatable bonds is 3. The number of carbonyl (C=O) groups excluding carboxylic acids is 1. The number of nitrogens with zero attached hydrogens (tertiary/aromatic N) is 1. The lowest BCUT2D eigenvalue weighted by molar-refractivity contribution is -0.153. The second-order valence-corrected chi connectivity index (χ2v) is 3.65. The molecule has 0 heterocycles. The van der Waals surface area contributed by atoms with Gasteiger partial charge in [-0.2, -0.15) is 5.26 Å². The van der Waals surface area contributed by atoms with Crippen LogP contribution in [0, 0.1) is 17.2 Å². The van der Waals surface area contributed by atoms with Crippen LogP contribution >= 0.6 is 0 Å². The average Bonchev–Trinajstić information content (AvgIpc) is 2.57. The molecule has 1 N–H and O–H groups in total. The molecule has 0 amide bonds. The number of ether oxygens (including phenoxy) is 1. The summed E-state index contributed by atoms with van der Waals surface area (Å²) < 4.78 is 4.92. The molecule has 1 aliphatic carbocycles. The van der Waals surface area contributed by atoms with E-state index in [4.69, 9.17) is 10.00 Å². The highest BCUT2D eigenvalue weighted by molar-refractivity contribution is 5.75. The minimum atomic E-state index is -1.50. The maximum absolute atomic E-state index is 11.4. The Morgan fingerprint density at radius 3 is 3.07 bits per heavy atom. The SMILES string of the molecule is CCCOC(=O)[C@@H]1CCC[C@]1(O)C#N. The van der Waals surface area contributed by atoms with E-state index in [-0.39, 0.29) is 0 Å². The Bertz CT molecular complexity index is 259. The van der Waals surface area contributed by atoms with E-state index in [0.29, 0.717) is 25.9 Å². The normalized spacial score (nSPS) is 31.1. The highest BCUT2D eigenvalue weighted by atomic mass is 16.5. The standard InChI is InChI=1S/C10H15NO3/c1-2-6-14-9(12)8-4-3-5-10(8,13)7-11/h8,13H,2-6H2,1H3/t8-,10-/m0/s1. The van der Waals surface area contributed by atoms with Gasteiger partial charge in [-0.15, -0.1) is 0 Å². The first-order valence-electron chi connectivity index (χ1n) is 4.94. The molecule has 0 unspecified atom stereocenters. The fourth-order valence-corrected chi connectivity index (χ4v) is 1.74. The van der Waals surface area contributed by atoms with Gasteiger partial charge in [0.15, 0.2) is 5.60 Å². The van der Waals surface area contributed by atoms with Gasteiger partial charge in [0.05, 0.1) is 18.6 Å². The van der Waals surface area contributed by atoms with Gasteiger partial charge in [-0.25, -0.2) is 0 Å². The Morgan fingerprint density at radius 1 is 1.79 bits per heavy atom. The molecule has 0 aromatic heterocycles. The fourth-order valence-electron chi connectivity index (χ4n) is 1.74. The maximum Gasteiger partial charge on any atom is 0.312 e. The third kappa shape index (κ3) is 2.05. The Hall–Kier alpha value is -1.08. The van der Waals surface area contributed by atoms with Gasteiger partial charge in [-0.05, 0) is 25.7 Å². The van der Waals surface area contributed by atoms with Gasteiger partial charge in [-0.1, -0.05) is 6.92 Å². The van der Waals surface area contributed by atoms with Gasteiger partial charge < -0.3 is 9.84 Å². The van der Waals surface area contributed by atoms with Gasteiger partial charge in [0.25, 0.3) is 0 Å². The van der Waals surface area contributed by atoms with Crippen LogP contribution < -0.4 is 0 Å². The Balaban J connectivity index is 2.59. The summed E-state index contributed by atoms with van der Waals surface area (Å²) in [7, 11) is 0. The van der Waals surface area contributed by atoms with Crippen molar-refractivity contribution in [3.05, 3.63) is 0 Å². The van der Waals surface area contributed by atoms with Crippen molar-refractivity contribution in [2.45, 2.75) is 38.2 Å². The van der Waals surface area contributed by atoms with Crippen LogP contribution in [0.5, 0.6) is 0 Å². The summed E-state index contributed by atoms with van der Waals surface area (Å²) in [5, 5.41) is 18.5. The third-order valence-electron chi connectivity index (χ3n) is 2.55. The molecule has 2 atom stereocenters. The minimum Gasteiger partial charge on any atom is -0.465 e. The molecule has 78 valence electrons. The van der Waals surface area contributed by atoms with Crippen molar-refractivity contribution in [2.75, 3.05) is 6.61 Å². The van der Waals surface area contributed by atoms with Crippen LogP contribution in [-0.4, -0.2) is 23.3 Å². The van der Waals surface area contributed by atoms with E-state index in [1.807, 2.05) is 6.92 Å². The van der Waals surface area contributed by atoms with E-state index in [1.165, 1.54) is 0 Å².